The van der Waals surface area contributed by atoms with E-state index in [1.165, 1.54) is 16.4 Å². The van der Waals surface area contributed by atoms with Crippen molar-refractivity contribution >= 4 is 11.8 Å². The Morgan fingerprint density at radius 2 is 2.14 bits per heavy atom. The quantitative estimate of drug-likeness (QED) is 0.782. The van der Waals surface area contributed by atoms with E-state index in [4.69, 9.17) is 0 Å². The van der Waals surface area contributed by atoms with E-state index in [2.05, 4.69) is 34.2 Å². The summed E-state index contributed by atoms with van der Waals surface area (Å²) in [5, 5.41) is 6.80. The molecule has 0 aliphatic heterocycles. The summed E-state index contributed by atoms with van der Waals surface area (Å²) < 4.78 is 1.41. The predicted octanol–water partition coefficient (Wildman–Crippen LogP) is 0.513. The van der Waals surface area contributed by atoms with Gasteiger partial charge in [-0.2, -0.15) is 4.98 Å². The third-order valence-corrected chi connectivity index (χ3v) is 3.65. The number of hydrogen-bond donors (Lipinski definition) is 2. The molecule has 0 spiro atoms. The first-order chi connectivity index (χ1) is 9.95. The average Bonchev–Trinajstić information content (AvgIpc) is 2.44. The molecule has 0 aliphatic carbocycles. The van der Waals surface area contributed by atoms with Gasteiger partial charge in [-0.15, -0.1) is 0 Å². The molecule has 0 fully saturated rings. The van der Waals surface area contributed by atoms with Crippen molar-refractivity contribution in [1.82, 2.24) is 25.1 Å². The van der Waals surface area contributed by atoms with Crippen molar-refractivity contribution in [2.45, 2.75) is 36.6 Å². The Labute approximate surface area is 125 Å². The minimum Gasteiger partial charge on any atom is -0.310 e. The molecule has 8 heteroatoms. The van der Waals surface area contributed by atoms with E-state index in [0.717, 1.165) is 12.1 Å². The summed E-state index contributed by atoms with van der Waals surface area (Å²) in [6, 6.07) is 4.24. The van der Waals surface area contributed by atoms with Crippen LogP contribution in [0.4, 0.5) is 0 Å². The Hall–Kier alpha value is -1.93. The van der Waals surface area contributed by atoms with Crippen LogP contribution >= 0.6 is 11.8 Å². The summed E-state index contributed by atoms with van der Waals surface area (Å²) in [4.78, 5) is 30.5. The van der Waals surface area contributed by atoms with Gasteiger partial charge in [-0.05, 0) is 23.4 Å². The van der Waals surface area contributed by atoms with Gasteiger partial charge in [0.25, 0.3) is 0 Å². The molecule has 0 aromatic carbocycles. The van der Waals surface area contributed by atoms with Crippen molar-refractivity contribution in [2.24, 2.45) is 7.05 Å². The highest BCUT2D eigenvalue weighted by Crippen LogP contribution is 2.21. The molecule has 7 nitrogen and oxygen atoms in total. The number of hydrogen-bond acceptors (Lipinski definition) is 6. The molecule has 2 N–H and O–H groups in total. The summed E-state index contributed by atoms with van der Waals surface area (Å²) in [7, 11) is 1.62. The lowest BCUT2D eigenvalue weighted by Crippen LogP contribution is -2.33. The van der Waals surface area contributed by atoms with Gasteiger partial charge in [-0.3, -0.25) is 19.4 Å². The van der Waals surface area contributed by atoms with Crippen molar-refractivity contribution in [2.75, 3.05) is 0 Å². The summed E-state index contributed by atoms with van der Waals surface area (Å²) in [6.07, 6.45) is 1.78. The van der Waals surface area contributed by atoms with Gasteiger partial charge in [-0.25, -0.2) is 4.98 Å². The lowest BCUT2D eigenvalue weighted by atomic mass is 10.2. The van der Waals surface area contributed by atoms with Crippen molar-refractivity contribution in [3.05, 3.63) is 44.6 Å². The highest BCUT2D eigenvalue weighted by molar-refractivity contribution is 7.99. The molecule has 2 aromatic heterocycles. The summed E-state index contributed by atoms with van der Waals surface area (Å²) in [5.41, 5.74) is -0.449. The second-order valence-corrected chi connectivity index (χ2v) is 5.83. The number of rotatable bonds is 5. The molecule has 0 saturated carbocycles. The van der Waals surface area contributed by atoms with Gasteiger partial charge in [0.05, 0.1) is 0 Å². The maximum Gasteiger partial charge on any atom is 0.339 e. The normalized spacial score (nSPS) is 11.0. The van der Waals surface area contributed by atoms with Gasteiger partial charge in [-0.1, -0.05) is 19.9 Å². The maximum atomic E-state index is 11.3. The predicted molar refractivity (Wildman–Crippen MR) is 80.4 cm³/mol. The molecule has 2 heterocycles. The van der Waals surface area contributed by atoms with Crippen LogP contribution in [0.15, 0.2) is 38.1 Å². The third kappa shape index (κ3) is 4.27. The van der Waals surface area contributed by atoms with Gasteiger partial charge >= 0.3 is 11.1 Å². The molecule has 2 rings (SSSR count). The smallest absolute Gasteiger partial charge is 0.310 e. The zero-order chi connectivity index (χ0) is 15.4. The molecular weight excluding hydrogens is 290 g/mol. The molecule has 21 heavy (non-hydrogen) atoms. The third-order valence-electron chi connectivity index (χ3n) is 2.66. The van der Waals surface area contributed by atoms with Crippen LogP contribution in [0.3, 0.4) is 0 Å². The van der Waals surface area contributed by atoms with E-state index < -0.39 is 11.1 Å². The number of aromatic amines is 1. The number of nitrogens with zero attached hydrogens (tertiary/aromatic N) is 3. The zero-order valence-electron chi connectivity index (χ0n) is 12.1. The monoisotopic (exact) mass is 307 g/mol. The Balaban J connectivity index is 2.12. The van der Waals surface area contributed by atoms with E-state index in [0.29, 0.717) is 16.2 Å². The number of nitrogens with one attached hydrogen (secondary N) is 2. The van der Waals surface area contributed by atoms with Crippen molar-refractivity contribution in [1.29, 1.82) is 0 Å². The zero-order valence-corrected chi connectivity index (χ0v) is 12.9. The summed E-state index contributed by atoms with van der Waals surface area (Å²) in [6.45, 7) is 4.92. The van der Waals surface area contributed by atoms with E-state index in [-0.39, 0.29) is 0 Å². The first kappa shape index (κ1) is 15.5. The van der Waals surface area contributed by atoms with Crippen LogP contribution < -0.4 is 16.4 Å². The van der Waals surface area contributed by atoms with Crippen molar-refractivity contribution in [3.63, 3.8) is 0 Å². The van der Waals surface area contributed by atoms with Crippen LogP contribution in [0.5, 0.6) is 0 Å². The van der Waals surface area contributed by atoms with Crippen LogP contribution in [0.1, 0.15) is 19.4 Å². The fourth-order valence-electron chi connectivity index (χ4n) is 1.54. The lowest BCUT2D eigenvalue weighted by molar-refractivity contribution is 0.587. The average molecular weight is 307 g/mol. The molecule has 0 saturated heterocycles. The minimum atomic E-state index is -0.798. The second-order valence-electron chi connectivity index (χ2n) is 4.84. The standard InChI is InChI=1S/C13H17N5O2S/c1-8(2)14-6-9-4-5-10(15-7-9)21-13-16-11(19)12(20)17-18(13)3/h4-5,7-8,14H,6H2,1-3H3,(H,17,20). The minimum absolute atomic E-state index is 0.389. The molecule has 0 radical (unpaired) electrons. The molecule has 2 aromatic rings. The topological polar surface area (TPSA) is 92.7 Å². The van der Waals surface area contributed by atoms with E-state index in [9.17, 15) is 9.59 Å². The lowest BCUT2D eigenvalue weighted by Gasteiger charge is -2.08. The van der Waals surface area contributed by atoms with Crippen LogP contribution in [-0.4, -0.2) is 25.8 Å². The first-order valence-electron chi connectivity index (χ1n) is 6.49. The maximum absolute atomic E-state index is 11.3. The fraction of sp³-hybridized carbons (Fsp3) is 0.385. The van der Waals surface area contributed by atoms with Crippen molar-refractivity contribution in [3.8, 4) is 0 Å². The molecule has 0 amide bonds. The molecular formula is C13H17N5O2S. The highest BCUT2D eigenvalue weighted by atomic mass is 32.2. The SMILES string of the molecule is CC(C)NCc1ccc(Sc2nc(=O)c(=O)[nH]n2C)nc1. The van der Waals surface area contributed by atoms with Crippen LogP contribution in [0.2, 0.25) is 0 Å². The van der Waals surface area contributed by atoms with Gasteiger partial charge in [0.1, 0.15) is 5.03 Å². The summed E-state index contributed by atoms with van der Waals surface area (Å²) in [5.74, 6) is 0. The summed E-state index contributed by atoms with van der Waals surface area (Å²) >= 11 is 1.22. The number of pyridine rings is 1. The fourth-order valence-corrected chi connectivity index (χ4v) is 2.28. The molecule has 0 aliphatic rings. The van der Waals surface area contributed by atoms with Crippen molar-refractivity contribution < 1.29 is 0 Å². The Bertz CT molecular complexity index is 721. The number of aryl methyl sites for hydroxylation is 1. The Kier molecular flexibility index (Phi) is 4.92. The van der Waals surface area contributed by atoms with Crippen LogP contribution in [0.25, 0.3) is 0 Å². The Morgan fingerprint density at radius 1 is 1.38 bits per heavy atom. The van der Waals surface area contributed by atoms with E-state index in [1.807, 2.05) is 12.1 Å². The van der Waals surface area contributed by atoms with E-state index in [1.54, 1.807) is 13.2 Å². The van der Waals surface area contributed by atoms with Crippen LogP contribution in [-0.2, 0) is 13.6 Å². The molecule has 112 valence electrons. The molecule has 0 bridgehead atoms. The largest absolute Gasteiger partial charge is 0.339 e. The molecule has 0 unspecified atom stereocenters. The van der Waals surface area contributed by atoms with Gasteiger partial charge in [0, 0.05) is 25.8 Å². The number of H-pyrrole nitrogens is 1. The Morgan fingerprint density at radius 3 is 2.76 bits per heavy atom. The first-order valence-corrected chi connectivity index (χ1v) is 7.31. The number of aromatic nitrogens is 4. The van der Waals surface area contributed by atoms with Gasteiger partial charge < -0.3 is 5.32 Å². The van der Waals surface area contributed by atoms with E-state index >= 15 is 0 Å². The molecule has 0 atom stereocenters. The van der Waals surface area contributed by atoms with Gasteiger partial charge in [0.15, 0.2) is 5.16 Å². The highest BCUT2D eigenvalue weighted by Gasteiger charge is 2.07. The second kappa shape index (κ2) is 6.68. The van der Waals surface area contributed by atoms with Gasteiger partial charge in [0.2, 0.25) is 0 Å². The van der Waals surface area contributed by atoms with Crippen LogP contribution in [0, 0.1) is 0 Å².